The van der Waals surface area contributed by atoms with Crippen LogP contribution in [0.4, 0.5) is 0 Å². The van der Waals surface area contributed by atoms with Gasteiger partial charge in [0.05, 0.1) is 0 Å². The fourth-order valence-corrected chi connectivity index (χ4v) is 1.01. The summed E-state index contributed by atoms with van der Waals surface area (Å²) in [4.78, 5) is 0. The van der Waals surface area contributed by atoms with Crippen LogP contribution in [0.2, 0.25) is 0 Å². The second-order valence-corrected chi connectivity index (χ2v) is 4.94. The third kappa shape index (κ3) is 11.5. The average Bonchev–Trinajstić information content (AvgIpc) is 3.04. The van der Waals surface area contributed by atoms with Crippen LogP contribution in [-0.2, 0) is 10.4 Å². The van der Waals surface area contributed by atoms with Crippen LogP contribution >= 0.6 is 0 Å². The molecule has 0 spiro atoms. The Labute approximate surface area is 102 Å². The van der Waals surface area contributed by atoms with Gasteiger partial charge in [-0.3, -0.25) is 9.11 Å². The molecular formula is C10H20N2O4S. The van der Waals surface area contributed by atoms with Crippen molar-refractivity contribution in [3.63, 3.8) is 0 Å². The van der Waals surface area contributed by atoms with Gasteiger partial charge in [-0.15, -0.1) is 13.2 Å². The van der Waals surface area contributed by atoms with Gasteiger partial charge < -0.3 is 11.5 Å². The Bertz CT molecular complexity index is 327. The third-order valence-corrected chi connectivity index (χ3v) is 2.39. The SMILES string of the molecule is C=C[C@@H]1C[C@H]1N.C=C[C@@H]1C[C@H]1N.O=S(=O)(O)O. The normalized spacial score (nSPS) is 33.2. The van der Waals surface area contributed by atoms with Crippen LogP contribution in [-0.4, -0.2) is 29.6 Å². The van der Waals surface area contributed by atoms with Crippen molar-refractivity contribution in [2.45, 2.75) is 24.9 Å². The molecule has 0 aromatic heterocycles. The molecular weight excluding hydrogens is 244 g/mol. The lowest BCUT2D eigenvalue weighted by Crippen LogP contribution is -1.99. The van der Waals surface area contributed by atoms with E-state index in [0.29, 0.717) is 23.9 Å². The van der Waals surface area contributed by atoms with Gasteiger partial charge in [-0.2, -0.15) is 8.42 Å². The smallest absolute Gasteiger partial charge is 0.327 e. The van der Waals surface area contributed by atoms with Gasteiger partial charge in [0.2, 0.25) is 0 Å². The highest BCUT2D eigenvalue weighted by Gasteiger charge is 2.29. The fourth-order valence-electron chi connectivity index (χ4n) is 1.01. The summed E-state index contributed by atoms with van der Waals surface area (Å²) in [5, 5.41) is 0. The summed E-state index contributed by atoms with van der Waals surface area (Å²) in [6, 6.07) is 0.894. The zero-order valence-electron chi connectivity index (χ0n) is 9.57. The molecule has 0 aromatic rings. The Morgan fingerprint density at radius 3 is 1.18 bits per heavy atom. The molecule has 2 fully saturated rings. The first-order valence-corrected chi connectivity index (χ1v) is 6.54. The largest absolute Gasteiger partial charge is 0.394 e. The molecule has 0 heterocycles. The summed E-state index contributed by atoms with van der Waals surface area (Å²) in [5.41, 5.74) is 10.8. The molecule has 4 atom stereocenters. The van der Waals surface area contributed by atoms with Crippen LogP contribution in [0.25, 0.3) is 0 Å². The van der Waals surface area contributed by atoms with Crippen molar-refractivity contribution >= 4 is 10.4 Å². The molecule has 0 aliphatic heterocycles. The molecule has 7 heteroatoms. The van der Waals surface area contributed by atoms with Crippen LogP contribution in [0, 0.1) is 11.8 Å². The van der Waals surface area contributed by atoms with Gasteiger partial charge >= 0.3 is 10.4 Å². The second kappa shape index (κ2) is 6.87. The molecule has 2 aliphatic carbocycles. The number of hydrogen-bond donors (Lipinski definition) is 4. The molecule has 2 rings (SSSR count). The van der Waals surface area contributed by atoms with E-state index < -0.39 is 10.4 Å². The molecule has 0 aromatic carbocycles. The van der Waals surface area contributed by atoms with Crippen molar-refractivity contribution in [2.24, 2.45) is 23.3 Å². The van der Waals surface area contributed by atoms with Crippen LogP contribution in [0.3, 0.4) is 0 Å². The topological polar surface area (TPSA) is 127 Å². The average molecular weight is 264 g/mol. The zero-order chi connectivity index (χ0) is 13.6. The second-order valence-electron chi connectivity index (χ2n) is 4.05. The highest BCUT2D eigenvalue weighted by molar-refractivity contribution is 7.79. The summed E-state index contributed by atoms with van der Waals surface area (Å²) >= 11 is 0. The Hall–Kier alpha value is -0.730. The minimum atomic E-state index is -4.67. The summed E-state index contributed by atoms with van der Waals surface area (Å²) in [6.07, 6.45) is 6.16. The summed E-state index contributed by atoms with van der Waals surface area (Å²) in [5.74, 6) is 1.29. The molecule has 6 nitrogen and oxygen atoms in total. The highest BCUT2D eigenvalue weighted by Crippen LogP contribution is 2.28. The predicted octanol–water partition coefficient (Wildman–Crippen LogP) is 0.386. The molecule has 6 N–H and O–H groups in total. The Kier molecular flexibility index (Phi) is 6.58. The van der Waals surface area contributed by atoms with Crippen molar-refractivity contribution in [3.05, 3.63) is 25.3 Å². The molecule has 0 bridgehead atoms. The fraction of sp³-hybridized carbons (Fsp3) is 0.600. The minimum absolute atomic E-state index is 0.447. The quantitative estimate of drug-likeness (QED) is 0.422. The van der Waals surface area contributed by atoms with Gasteiger partial charge in [-0.25, -0.2) is 0 Å². The molecule has 100 valence electrons. The maximum Gasteiger partial charge on any atom is 0.394 e. The first-order chi connectivity index (χ1) is 7.69. The molecule has 17 heavy (non-hydrogen) atoms. The number of nitrogens with two attached hydrogens (primary N) is 2. The van der Waals surface area contributed by atoms with E-state index in [1.807, 2.05) is 12.2 Å². The van der Waals surface area contributed by atoms with Gasteiger partial charge in [-0.05, 0) is 24.7 Å². The Balaban J connectivity index is 0.000000228. The first kappa shape index (κ1) is 16.3. The van der Waals surface area contributed by atoms with E-state index in [0.717, 1.165) is 12.8 Å². The van der Waals surface area contributed by atoms with Crippen molar-refractivity contribution < 1.29 is 17.5 Å². The lowest BCUT2D eigenvalue weighted by Gasteiger charge is -1.73. The van der Waals surface area contributed by atoms with Gasteiger partial charge in [0.15, 0.2) is 0 Å². The highest BCUT2D eigenvalue weighted by atomic mass is 32.3. The zero-order valence-corrected chi connectivity index (χ0v) is 10.4. The summed E-state index contributed by atoms with van der Waals surface area (Å²) < 4.78 is 31.6. The predicted molar refractivity (Wildman–Crippen MR) is 66.7 cm³/mol. The number of hydrogen-bond acceptors (Lipinski definition) is 4. The standard InChI is InChI=1S/2C5H9N.H2O4S/c2*1-2-4-3-5(4)6;1-5(2,3)4/h2*2,4-5H,1,3,6H2;(H2,1,2,3,4)/t2*4-,5-;/m11./s1. The molecule has 0 amide bonds. The van der Waals surface area contributed by atoms with Crippen molar-refractivity contribution in [1.82, 2.24) is 0 Å². The van der Waals surface area contributed by atoms with Crippen LogP contribution < -0.4 is 11.5 Å². The maximum atomic E-state index is 8.74. The van der Waals surface area contributed by atoms with Crippen LogP contribution in [0.1, 0.15) is 12.8 Å². The maximum absolute atomic E-state index is 8.74. The van der Waals surface area contributed by atoms with E-state index in [9.17, 15) is 0 Å². The van der Waals surface area contributed by atoms with E-state index in [4.69, 9.17) is 29.0 Å². The lowest BCUT2D eigenvalue weighted by molar-refractivity contribution is 0.381. The third-order valence-electron chi connectivity index (χ3n) is 2.39. The first-order valence-electron chi connectivity index (χ1n) is 5.15. The van der Waals surface area contributed by atoms with Crippen molar-refractivity contribution in [2.75, 3.05) is 0 Å². The van der Waals surface area contributed by atoms with E-state index in [-0.39, 0.29) is 0 Å². The monoisotopic (exact) mass is 264 g/mol. The van der Waals surface area contributed by atoms with Gasteiger partial charge in [0, 0.05) is 12.1 Å². The van der Waals surface area contributed by atoms with Crippen LogP contribution in [0.5, 0.6) is 0 Å². The van der Waals surface area contributed by atoms with Gasteiger partial charge in [0.1, 0.15) is 0 Å². The van der Waals surface area contributed by atoms with E-state index in [1.165, 1.54) is 0 Å². The van der Waals surface area contributed by atoms with E-state index in [2.05, 4.69) is 13.2 Å². The van der Waals surface area contributed by atoms with E-state index in [1.54, 1.807) is 0 Å². The van der Waals surface area contributed by atoms with E-state index >= 15 is 0 Å². The Morgan fingerprint density at radius 2 is 1.18 bits per heavy atom. The number of rotatable bonds is 2. The molecule has 0 radical (unpaired) electrons. The molecule has 2 aliphatic rings. The van der Waals surface area contributed by atoms with Gasteiger partial charge in [0.25, 0.3) is 0 Å². The molecule has 0 unspecified atom stereocenters. The van der Waals surface area contributed by atoms with Crippen molar-refractivity contribution in [1.29, 1.82) is 0 Å². The Morgan fingerprint density at radius 1 is 1.00 bits per heavy atom. The summed E-state index contributed by atoms with van der Waals surface area (Å²) in [7, 11) is -4.67. The minimum Gasteiger partial charge on any atom is -0.327 e. The molecule has 2 saturated carbocycles. The van der Waals surface area contributed by atoms with Crippen molar-refractivity contribution in [3.8, 4) is 0 Å². The lowest BCUT2D eigenvalue weighted by atomic mass is 10.4. The summed E-state index contributed by atoms with van der Waals surface area (Å²) in [6.45, 7) is 7.19. The van der Waals surface area contributed by atoms with Crippen LogP contribution in [0.15, 0.2) is 25.3 Å². The van der Waals surface area contributed by atoms with Gasteiger partial charge in [-0.1, -0.05) is 12.2 Å². The molecule has 0 saturated heterocycles.